The Labute approximate surface area is 159 Å². The van der Waals surface area contributed by atoms with Crippen molar-refractivity contribution >= 4 is 23.2 Å². The molecule has 2 aliphatic rings. The smallest absolute Gasteiger partial charge is 0.250 e. The summed E-state index contributed by atoms with van der Waals surface area (Å²) in [7, 11) is 0. The third-order valence-corrected chi connectivity index (χ3v) is 5.58. The molecule has 140 valence electrons. The van der Waals surface area contributed by atoms with Crippen molar-refractivity contribution in [2.75, 3.05) is 24.6 Å². The zero-order chi connectivity index (χ0) is 18.8. The number of hydrogen-bond donors (Lipinski definition) is 0. The predicted octanol–water partition coefficient (Wildman–Crippen LogP) is 2.07. The molecule has 0 aromatic carbocycles. The number of nitriles is 1. The van der Waals surface area contributed by atoms with Crippen LogP contribution < -0.4 is 4.90 Å². The van der Waals surface area contributed by atoms with Crippen LogP contribution in [0.1, 0.15) is 36.0 Å². The summed E-state index contributed by atoms with van der Waals surface area (Å²) in [6.07, 6.45) is 4.25. The number of rotatable bonds is 3. The molecule has 4 rings (SSSR count). The number of carbonyl (C=O) groups excluding carboxylic acids is 1. The molecule has 0 aliphatic carbocycles. The number of nitrogens with zero attached hydrogens (tertiary/aromatic N) is 6. The van der Waals surface area contributed by atoms with Gasteiger partial charge in [0.05, 0.1) is 24.7 Å². The lowest BCUT2D eigenvalue weighted by Gasteiger charge is -2.33. The zero-order valence-electron chi connectivity index (χ0n) is 14.4. The topological polar surface area (TPSA) is 95.2 Å². The van der Waals surface area contributed by atoms with Crippen LogP contribution in [0.15, 0.2) is 17.8 Å². The van der Waals surface area contributed by atoms with Gasteiger partial charge < -0.3 is 4.90 Å². The second kappa shape index (κ2) is 7.54. The Kier molecular flexibility index (Phi) is 4.96. The number of hydrogen-bond acceptors (Lipinski definition) is 8. The third kappa shape index (κ3) is 3.61. The van der Waals surface area contributed by atoms with Crippen molar-refractivity contribution in [3.8, 4) is 6.07 Å². The predicted molar refractivity (Wildman–Crippen MR) is 93.9 cm³/mol. The molecule has 1 atom stereocenters. The first kappa shape index (κ1) is 17.8. The van der Waals surface area contributed by atoms with E-state index in [0.717, 1.165) is 12.4 Å². The fourth-order valence-corrected chi connectivity index (χ4v) is 4.07. The summed E-state index contributed by atoms with van der Waals surface area (Å²) in [6.45, 7) is 1.70. The van der Waals surface area contributed by atoms with Crippen LogP contribution in [0, 0.1) is 23.1 Å². The Morgan fingerprint density at radius 1 is 1.30 bits per heavy atom. The molecule has 0 spiro atoms. The van der Waals surface area contributed by atoms with Gasteiger partial charge in [0.15, 0.2) is 10.8 Å². The Bertz CT molecular complexity index is 859. The largest absolute Gasteiger partial charge is 0.341 e. The van der Waals surface area contributed by atoms with E-state index < -0.39 is 5.82 Å². The number of amides is 1. The molecule has 2 fully saturated rings. The second-order valence-corrected chi connectivity index (χ2v) is 7.31. The molecule has 1 amide bonds. The fraction of sp³-hybridized carbons (Fsp3) is 0.471. The van der Waals surface area contributed by atoms with Crippen LogP contribution in [0.5, 0.6) is 0 Å². The maximum absolute atomic E-state index is 13.0. The summed E-state index contributed by atoms with van der Waals surface area (Å²) < 4.78 is 13.0. The summed E-state index contributed by atoms with van der Waals surface area (Å²) in [5.74, 6) is -0.202. The lowest BCUT2D eigenvalue weighted by Crippen LogP contribution is -2.42. The average Bonchev–Trinajstić information content (AvgIpc) is 3.37. The van der Waals surface area contributed by atoms with Crippen molar-refractivity contribution in [1.82, 2.24) is 20.0 Å². The molecule has 2 aliphatic heterocycles. The van der Waals surface area contributed by atoms with Crippen LogP contribution in [0.3, 0.4) is 0 Å². The first-order valence-corrected chi connectivity index (χ1v) is 9.57. The molecule has 0 unspecified atom stereocenters. The van der Waals surface area contributed by atoms with Gasteiger partial charge in [-0.05, 0) is 12.8 Å². The summed E-state index contributed by atoms with van der Waals surface area (Å²) >= 11 is 1.27. The number of carbonyl (C=O) groups is 1. The van der Waals surface area contributed by atoms with Gasteiger partial charge >= 0.3 is 0 Å². The third-order valence-electron chi connectivity index (χ3n) is 4.81. The van der Waals surface area contributed by atoms with Crippen LogP contribution in [0.25, 0.3) is 0 Å². The minimum absolute atomic E-state index is 0.0521. The highest BCUT2D eigenvalue weighted by atomic mass is 32.1. The quantitative estimate of drug-likeness (QED) is 0.794. The van der Waals surface area contributed by atoms with E-state index in [0.29, 0.717) is 55.6 Å². The number of hydroxylamine groups is 2. The normalized spacial score (nSPS) is 20.7. The molecular formula is C17H17FN6O2S. The zero-order valence-corrected chi connectivity index (χ0v) is 15.2. The molecule has 2 saturated heterocycles. The summed E-state index contributed by atoms with van der Waals surface area (Å²) in [6, 6.07) is 1.78. The monoisotopic (exact) mass is 388 g/mol. The molecule has 0 bridgehead atoms. The highest BCUT2D eigenvalue weighted by molar-refractivity contribution is 7.10. The SMILES string of the molecule is N#Cc1nc([C@@H]2CCON2C(=O)C2CCN(c3ncc(F)cn3)CC2)cs1. The molecule has 0 N–H and O–H groups in total. The van der Waals surface area contributed by atoms with Gasteiger partial charge in [-0.3, -0.25) is 9.63 Å². The molecule has 2 aromatic rings. The van der Waals surface area contributed by atoms with Crippen LogP contribution >= 0.6 is 11.3 Å². The van der Waals surface area contributed by atoms with Crippen LogP contribution in [-0.2, 0) is 9.63 Å². The number of anilines is 1. The van der Waals surface area contributed by atoms with Gasteiger partial charge in [-0.2, -0.15) is 5.26 Å². The minimum Gasteiger partial charge on any atom is -0.341 e. The minimum atomic E-state index is -0.470. The van der Waals surface area contributed by atoms with Crippen LogP contribution in [0.4, 0.5) is 10.3 Å². The average molecular weight is 388 g/mol. The maximum atomic E-state index is 13.0. The Morgan fingerprint density at radius 3 is 2.70 bits per heavy atom. The molecule has 2 aromatic heterocycles. The second-order valence-electron chi connectivity index (χ2n) is 6.45. The van der Waals surface area contributed by atoms with Gasteiger partial charge in [-0.1, -0.05) is 0 Å². The molecular weight excluding hydrogens is 371 g/mol. The summed E-state index contributed by atoms with van der Waals surface area (Å²) in [5, 5.41) is 12.6. The van der Waals surface area contributed by atoms with E-state index in [2.05, 4.69) is 15.0 Å². The first-order chi connectivity index (χ1) is 13.2. The highest BCUT2D eigenvalue weighted by Gasteiger charge is 2.38. The number of aromatic nitrogens is 3. The number of piperidine rings is 1. The van der Waals surface area contributed by atoms with Crippen molar-refractivity contribution in [3.05, 3.63) is 34.3 Å². The standard InChI is InChI=1S/C17H17FN6O2S/c18-12-8-20-17(21-9-12)23-4-1-11(2-5-23)16(25)24-14(3-6-26-24)13-10-27-15(7-19)22-13/h8-11,14H,1-6H2/t14-/m0/s1. The number of halogens is 1. The van der Waals surface area contributed by atoms with Gasteiger partial charge in [0.1, 0.15) is 12.1 Å². The van der Waals surface area contributed by atoms with E-state index in [9.17, 15) is 9.18 Å². The van der Waals surface area contributed by atoms with Gasteiger partial charge in [0.2, 0.25) is 11.9 Å². The van der Waals surface area contributed by atoms with Crippen molar-refractivity contribution in [2.24, 2.45) is 5.92 Å². The summed E-state index contributed by atoms with van der Waals surface area (Å²) in [4.78, 5) is 32.8. The molecule has 4 heterocycles. The van der Waals surface area contributed by atoms with E-state index in [1.54, 1.807) is 0 Å². The van der Waals surface area contributed by atoms with Crippen molar-refractivity contribution in [3.63, 3.8) is 0 Å². The van der Waals surface area contributed by atoms with Gasteiger partial charge in [-0.25, -0.2) is 24.4 Å². The van der Waals surface area contributed by atoms with E-state index in [1.165, 1.54) is 16.4 Å². The van der Waals surface area contributed by atoms with Gasteiger partial charge in [0, 0.05) is 30.8 Å². The Morgan fingerprint density at radius 2 is 2.04 bits per heavy atom. The first-order valence-electron chi connectivity index (χ1n) is 8.69. The Hall–Kier alpha value is -2.64. The molecule has 8 nitrogen and oxygen atoms in total. The van der Waals surface area contributed by atoms with Crippen LogP contribution in [-0.4, -0.2) is 45.6 Å². The number of thiazole rings is 1. The van der Waals surface area contributed by atoms with Crippen molar-refractivity contribution in [2.45, 2.75) is 25.3 Å². The van der Waals surface area contributed by atoms with Crippen molar-refractivity contribution in [1.29, 1.82) is 5.26 Å². The molecule has 0 radical (unpaired) electrons. The molecule has 10 heteroatoms. The van der Waals surface area contributed by atoms with E-state index >= 15 is 0 Å². The summed E-state index contributed by atoms with van der Waals surface area (Å²) in [5.41, 5.74) is 0.708. The van der Waals surface area contributed by atoms with E-state index in [1.807, 2.05) is 16.3 Å². The lowest BCUT2D eigenvalue weighted by atomic mass is 9.95. The molecule has 0 saturated carbocycles. The van der Waals surface area contributed by atoms with E-state index in [4.69, 9.17) is 10.1 Å². The lowest BCUT2D eigenvalue weighted by molar-refractivity contribution is -0.182. The highest BCUT2D eigenvalue weighted by Crippen LogP contribution is 2.34. The van der Waals surface area contributed by atoms with Crippen LogP contribution in [0.2, 0.25) is 0 Å². The molecule has 27 heavy (non-hydrogen) atoms. The van der Waals surface area contributed by atoms with E-state index in [-0.39, 0.29) is 17.9 Å². The Balaban J connectivity index is 1.40. The fourth-order valence-electron chi connectivity index (χ4n) is 3.42. The van der Waals surface area contributed by atoms with Crippen molar-refractivity contribution < 1.29 is 14.0 Å². The maximum Gasteiger partial charge on any atom is 0.250 e. The van der Waals surface area contributed by atoms with Gasteiger partial charge in [0.25, 0.3) is 0 Å². The van der Waals surface area contributed by atoms with Gasteiger partial charge in [-0.15, -0.1) is 11.3 Å².